The number of benzene rings is 2. The Hall–Kier alpha value is -3.93. The Morgan fingerprint density at radius 2 is 1.88 bits per heavy atom. The van der Waals surface area contributed by atoms with E-state index in [1.54, 1.807) is 24.0 Å². The Bertz CT molecular complexity index is 1880. The molecular formula is C38H43FN6O3S. The third-order valence-electron chi connectivity index (χ3n) is 11.4. The maximum atomic E-state index is 15.8. The largest absolute Gasteiger partial charge is 0.396 e. The van der Waals surface area contributed by atoms with Crippen LogP contribution < -0.4 is 5.32 Å². The summed E-state index contributed by atoms with van der Waals surface area (Å²) in [7, 11) is 0. The van der Waals surface area contributed by atoms with Gasteiger partial charge in [-0.3, -0.25) is 14.9 Å². The first-order chi connectivity index (χ1) is 23.6. The predicted molar refractivity (Wildman–Crippen MR) is 187 cm³/mol. The van der Waals surface area contributed by atoms with Gasteiger partial charge in [-0.15, -0.1) is 11.3 Å². The van der Waals surface area contributed by atoms with Gasteiger partial charge in [-0.05, 0) is 97.2 Å². The number of nitrogens with zero attached hydrogens (tertiary/aromatic N) is 5. The van der Waals surface area contributed by atoms with Gasteiger partial charge in [-0.2, -0.15) is 0 Å². The fourth-order valence-corrected chi connectivity index (χ4v) is 9.78. The molecule has 1 saturated carbocycles. The second-order valence-corrected chi connectivity index (χ2v) is 16.1. The van der Waals surface area contributed by atoms with Gasteiger partial charge >= 0.3 is 0 Å². The molecule has 1 aliphatic carbocycles. The van der Waals surface area contributed by atoms with Crippen LogP contribution in [-0.4, -0.2) is 67.5 Å². The van der Waals surface area contributed by atoms with E-state index in [-0.39, 0.29) is 28.8 Å². The molecule has 256 valence electrons. The van der Waals surface area contributed by atoms with Gasteiger partial charge in [0.2, 0.25) is 0 Å². The molecule has 11 heteroatoms. The van der Waals surface area contributed by atoms with E-state index in [9.17, 15) is 14.7 Å². The Morgan fingerprint density at radius 3 is 2.59 bits per heavy atom. The molecular weight excluding hydrogens is 640 g/mol. The van der Waals surface area contributed by atoms with Crippen molar-refractivity contribution in [3.05, 3.63) is 88.2 Å². The second kappa shape index (κ2) is 12.4. The number of halogens is 1. The van der Waals surface area contributed by atoms with Crippen LogP contribution in [0.25, 0.3) is 11.1 Å². The zero-order valence-electron chi connectivity index (χ0n) is 28.1. The van der Waals surface area contributed by atoms with Crippen LogP contribution in [0, 0.1) is 17.2 Å². The monoisotopic (exact) mass is 682 g/mol. The molecule has 4 aromatic rings. The van der Waals surface area contributed by atoms with E-state index in [1.807, 2.05) is 16.7 Å². The Balaban J connectivity index is 1.00. The van der Waals surface area contributed by atoms with Gasteiger partial charge in [0.25, 0.3) is 11.8 Å². The van der Waals surface area contributed by atoms with Crippen molar-refractivity contribution in [1.82, 2.24) is 24.3 Å². The highest BCUT2D eigenvalue weighted by Crippen LogP contribution is 2.56. The van der Waals surface area contributed by atoms with E-state index >= 15 is 4.39 Å². The van der Waals surface area contributed by atoms with Crippen LogP contribution in [0.3, 0.4) is 0 Å². The zero-order chi connectivity index (χ0) is 33.9. The van der Waals surface area contributed by atoms with Crippen molar-refractivity contribution < 1.29 is 19.1 Å². The first-order valence-corrected chi connectivity index (χ1v) is 18.3. The summed E-state index contributed by atoms with van der Waals surface area (Å²) in [5.41, 5.74) is 5.17. The number of likely N-dealkylation sites (tertiary alicyclic amines) is 1. The molecule has 0 radical (unpaired) electrons. The summed E-state index contributed by atoms with van der Waals surface area (Å²) in [4.78, 5) is 40.6. The normalized spacial score (nSPS) is 24.5. The number of imidazole rings is 1. The topological polar surface area (TPSA) is 104 Å². The van der Waals surface area contributed by atoms with Crippen molar-refractivity contribution in [2.45, 2.75) is 76.9 Å². The summed E-state index contributed by atoms with van der Waals surface area (Å²) in [6.07, 6.45) is 9.41. The lowest BCUT2D eigenvalue weighted by atomic mass is 9.52. The number of aliphatic hydroxyl groups excluding tert-OH is 1. The van der Waals surface area contributed by atoms with Crippen LogP contribution in [0.4, 0.5) is 9.52 Å². The molecule has 8 rings (SSSR count). The smallest absolute Gasteiger partial charge is 0.255 e. The van der Waals surface area contributed by atoms with E-state index in [0.29, 0.717) is 34.5 Å². The molecule has 5 heterocycles. The lowest BCUT2D eigenvalue weighted by Crippen LogP contribution is -2.53. The van der Waals surface area contributed by atoms with E-state index in [1.165, 1.54) is 27.9 Å². The third kappa shape index (κ3) is 5.89. The number of rotatable bonds is 9. The van der Waals surface area contributed by atoms with Crippen molar-refractivity contribution in [2.24, 2.45) is 11.3 Å². The summed E-state index contributed by atoms with van der Waals surface area (Å²) in [5, 5.41) is 14.6. The third-order valence-corrected chi connectivity index (χ3v) is 12.1. The predicted octanol–water partition coefficient (Wildman–Crippen LogP) is 6.19. The van der Waals surface area contributed by atoms with Gasteiger partial charge in [0.1, 0.15) is 5.82 Å². The summed E-state index contributed by atoms with van der Waals surface area (Å²) in [5.74, 6) is -0.793. The molecule has 2 amide bonds. The summed E-state index contributed by atoms with van der Waals surface area (Å²) < 4.78 is 17.9. The molecule has 2 aromatic carbocycles. The molecule has 3 aliphatic heterocycles. The minimum absolute atomic E-state index is 0.0158. The minimum atomic E-state index is -1.01. The SMILES string of the molecule is CC1(CN2CCC(CO)CC2)CC(C)(c2ccc(-c3cc(F)c4c(c3)C(=O)N(C(C(=O)Nc3nccs3)c3ncn5c3CCC5)C4)cc2)C1. The van der Waals surface area contributed by atoms with Crippen LogP contribution in [0.1, 0.15) is 84.9 Å². The molecule has 1 saturated heterocycles. The maximum Gasteiger partial charge on any atom is 0.255 e. The molecule has 1 unspecified atom stereocenters. The maximum absolute atomic E-state index is 15.8. The number of hydrogen-bond donors (Lipinski definition) is 2. The summed E-state index contributed by atoms with van der Waals surface area (Å²) >= 11 is 1.30. The van der Waals surface area contributed by atoms with Crippen molar-refractivity contribution >= 4 is 28.3 Å². The number of thiazole rings is 1. The molecule has 2 fully saturated rings. The molecule has 1 atom stereocenters. The van der Waals surface area contributed by atoms with E-state index in [2.05, 4.69) is 46.2 Å². The van der Waals surface area contributed by atoms with Gasteiger partial charge in [0.15, 0.2) is 11.2 Å². The average Bonchev–Trinajstić information content (AvgIpc) is 3.89. The molecule has 4 aliphatic rings. The first-order valence-electron chi connectivity index (χ1n) is 17.4. The van der Waals surface area contributed by atoms with Crippen LogP contribution in [0.15, 0.2) is 54.3 Å². The van der Waals surface area contributed by atoms with Crippen LogP contribution in [-0.2, 0) is 29.7 Å². The van der Waals surface area contributed by atoms with Gasteiger partial charge in [0.05, 0.1) is 18.6 Å². The number of aliphatic hydroxyl groups is 1. The van der Waals surface area contributed by atoms with Gasteiger partial charge in [0, 0.05) is 48.1 Å². The summed E-state index contributed by atoms with van der Waals surface area (Å²) in [6, 6.07) is 10.6. The second-order valence-electron chi connectivity index (χ2n) is 15.2. The number of nitrogens with one attached hydrogen (secondary N) is 1. The number of carbonyl (C=O) groups excluding carboxylic acids is 2. The Labute approximate surface area is 290 Å². The van der Waals surface area contributed by atoms with Crippen LogP contribution in [0.5, 0.6) is 0 Å². The standard InChI is InChI=1S/C38H43FN6O3S/c1-37(22-43-13-9-24(19-46)10-14-43)20-38(2,21-37)27-7-5-25(6-8-27)26-16-28-29(30(39)17-26)18-45(35(28)48)33(34(47)42-36-40-11-15-49-36)32-31-4-3-12-44(31)23-41-32/h5-8,11,15-17,23-24,33,46H,3-4,9-10,12-14,18-22H2,1-2H3,(H,40,42,47). The highest BCUT2D eigenvalue weighted by atomic mass is 32.1. The fourth-order valence-electron chi connectivity index (χ4n) is 9.25. The highest BCUT2D eigenvalue weighted by Gasteiger charge is 2.50. The molecule has 0 bridgehead atoms. The quantitative estimate of drug-likeness (QED) is 0.218. The number of aromatic nitrogens is 3. The van der Waals surface area contributed by atoms with Crippen molar-refractivity contribution in [3.63, 3.8) is 0 Å². The molecule has 2 aromatic heterocycles. The zero-order valence-corrected chi connectivity index (χ0v) is 28.9. The number of anilines is 1. The number of fused-ring (bicyclic) bond motifs is 2. The number of piperidine rings is 1. The minimum Gasteiger partial charge on any atom is -0.396 e. The Kier molecular flexibility index (Phi) is 8.20. The number of carbonyl (C=O) groups is 2. The molecule has 49 heavy (non-hydrogen) atoms. The number of hydrogen-bond acceptors (Lipinski definition) is 7. The highest BCUT2D eigenvalue weighted by molar-refractivity contribution is 7.13. The molecule has 9 nitrogen and oxygen atoms in total. The first kappa shape index (κ1) is 32.3. The van der Waals surface area contributed by atoms with Crippen molar-refractivity contribution in [1.29, 1.82) is 0 Å². The molecule has 2 N–H and O–H groups in total. The summed E-state index contributed by atoms with van der Waals surface area (Å²) in [6.45, 7) is 9.05. The van der Waals surface area contributed by atoms with Crippen molar-refractivity contribution in [3.8, 4) is 11.1 Å². The van der Waals surface area contributed by atoms with Crippen LogP contribution >= 0.6 is 11.3 Å². The van der Waals surface area contributed by atoms with E-state index in [4.69, 9.17) is 0 Å². The number of aryl methyl sites for hydroxylation is 1. The lowest BCUT2D eigenvalue weighted by molar-refractivity contribution is -0.121. The average molecular weight is 683 g/mol. The van der Waals surface area contributed by atoms with Crippen molar-refractivity contribution in [2.75, 3.05) is 31.6 Å². The van der Waals surface area contributed by atoms with Gasteiger partial charge < -0.3 is 19.5 Å². The lowest BCUT2D eigenvalue weighted by Gasteiger charge is -2.55. The molecule has 0 spiro atoms. The fraction of sp³-hybridized carbons (Fsp3) is 0.474. The van der Waals surface area contributed by atoms with Gasteiger partial charge in [-0.1, -0.05) is 38.1 Å². The number of amides is 2. The van der Waals surface area contributed by atoms with Gasteiger partial charge in [-0.25, -0.2) is 14.4 Å². The van der Waals surface area contributed by atoms with E-state index < -0.39 is 17.8 Å². The van der Waals surface area contributed by atoms with E-state index in [0.717, 1.165) is 76.0 Å². The Morgan fingerprint density at radius 1 is 1.10 bits per heavy atom. The van der Waals surface area contributed by atoms with Crippen LogP contribution in [0.2, 0.25) is 0 Å².